The first kappa shape index (κ1) is 37.5. The third kappa shape index (κ3) is 14.7. The summed E-state index contributed by atoms with van der Waals surface area (Å²) in [6.07, 6.45) is 17.8. The first-order chi connectivity index (χ1) is 20.9. The van der Waals surface area contributed by atoms with E-state index in [1.54, 1.807) is 6.42 Å². The fourth-order valence-electron chi connectivity index (χ4n) is 5.15. The Morgan fingerprint density at radius 3 is 2.12 bits per heavy atom. The smallest absolute Gasteiger partial charge is 0.249 e. The van der Waals surface area contributed by atoms with Gasteiger partial charge in [-0.15, -0.1) is 5.10 Å². The Morgan fingerprint density at radius 2 is 1.58 bits per heavy atom. The summed E-state index contributed by atoms with van der Waals surface area (Å²) in [5, 5.41) is 42.7. The largest absolute Gasteiger partial charge is 0.394 e. The topological polar surface area (TPSA) is 159 Å². The van der Waals surface area contributed by atoms with Crippen LogP contribution in [0.15, 0.2) is 6.20 Å². The quantitative estimate of drug-likeness (QED) is 0.0996. The second-order valence-electron chi connectivity index (χ2n) is 11.4. The van der Waals surface area contributed by atoms with Gasteiger partial charge in [-0.25, -0.2) is 4.68 Å². The molecule has 1 saturated heterocycles. The van der Waals surface area contributed by atoms with Crippen molar-refractivity contribution in [3.8, 4) is 0 Å². The van der Waals surface area contributed by atoms with Gasteiger partial charge in [-0.2, -0.15) is 11.8 Å². The highest BCUT2D eigenvalue weighted by Crippen LogP contribution is 2.29. The second kappa shape index (κ2) is 22.7. The Morgan fingerprint density at radius 1 is 1.00 bits per heavy atom. The number of carbonyl (C=O) groups excluding carboxylic acids is 2. The number of nitrogens with one attached hydrogen (secondary N) is 2. The van der Waals surface area contributed by atoms with Gasteiger partial charge in [0.15, 0.2) is 12.0 Å². The van der Waals surface area contributed by atoms with Crippen molar-refractivity contribution in [1.29, 1.82) is 0 Å². The number of carbonyl (C=O) groups is 2. The van der Waals surface area contributed by atoms with E-state index < -0.39 is 43.1 Å². The van der Waals surface area contributed by atoms with Crippen LogP contribution >= 0.6 is 11.8 Å². The molecular formula is C31H55N5O6S. The summed E-state index contributed by atoms with van der Waals surface area (Å²) in [6.45, 7) is 5.50. The third-order valence-electron chi connectivity index (χ3n) is 7.72. The SMILES string of the molecule is [CH2][CH]CSC[C@@H](NC(=O)CCCCCCCCCCCCCCCCC)C(=O)Nc1cn([C@H]2OC(CO)[C@@H](O)[C@@H]2O)nn1. The Kier molecular flexibility index (Phi) is 19.8. The summed E-state index contributed by atoms with van der Waals surface area (Å²) in [7, 11) is 0. The Balaban J connectivity index is 1.64. The molecule has 0 saturated carbocycles. The van der Waals surface area contributed by atoms with Crippen LogP contribution in [0.4, 0.5) is 5.82 Å². The fraction of sp³-hybridized carbons (Fsp3) is 0.806. The molecular weight excluding hydrogens is 570 g/mol. The molecule has 11 nitrogen and oxygen atoms in total. The summed E-state index contributed by atoms with van der Waals surface area (Å²) in [5.74, 6) is 0.517. The fourth-order valence-corrected chi connectivity index (χ4v) is 5.92. The lowest BCUT2D eigenvalue weighted by atomic mass is 10.0. The van der Waals surface area contributed by atoms with Gasteiger partial charge in [-0.3, -0.25) is 9.59 Å². The van der Waals surface area contributed by atoms with Crippen molar-refractivity contribution in [1.82, 2.24) is 20.3 Å². The highest BCUT2D eigenvalue weighted by Gasteiger charge is 2.44. The van der Waals surface area contributed by atoms with Crippen LogP contribution < -0.4 is 10.6 Å². The maximum Gasteiger partial charge on any atom is 0.249 e. The summed E-state index contributed by atoms with van der Waals surface area (Å²) in [6, 6.07) is -0.771. The number of aliphatic hydroxyl groups is 3. The van der Waals surface area contributed by atoms with Crippen molar-refractivity contribution in [2.75, 3.05) is 23.4 Å². The molecule has 0 aromatic carbocycles. The van der Waals surface area contributed by atoms with Crippen LogP contribution in [0.25, 0.3) is 0 Å². The van der Waals surface area contributed by atoms with Crippen molar-refractivity contribution < 1.29 is 29.6 Å². The molecule has 0 bridgehead atoms. The number of unbranched alkanes of at least 4 members (excludes halogenated alkanes) is 14. The first-order valence-corrected chi connectivity index (χ1v) is 17.4. The highest BCUT2D eigenvalue weighted by molar-refractivity contribution is 7.99. The van der Waals surface area contributed by atoms with Crippen LogP contribution in [0.5, 0.6) is 0 Å². The highest BCUT2D eigenvalue weighted by atomic mass is 32.2. The molecule has 43 heavy (non-hydrogen) atoms. The minimum atomic E-state index is -1.32. The van der Waals surface area contributed by atoms with E-state index >= 15 is 0 Å². The average molecular weight is 626 g/mol. The van der Waals surface area contributed by atoms with Crippen LogP contribution in [0, 0.1) is 13.3 Å². The first-order valence-electron chi connectivity index (χ1n) is 16.2. The Bertz CT molecular complexity index is 891. The van der Waals surface area contributed by atoms with Crippen molar-refractivity contribution in [3.05, 3.63) is 19.5 Å². The zero-order valence-electron chi connectivity index (χ0n) is 26.0. The molecule has 2 rings (SSSR count). The van der Waals surface area contributed by atoms with E-state index in [0.717, 1.165) is 19.3 Å². The maximum atomic E-state index is 13.0. The van der Waals surface area contributed by atoms with Gasteiger partial charge in [0.05, 0.1) is 12.8 Å². The lowest BCUT2D eigenvalue weighted by Crippen LogP contribution is -2.45. The molecule has 0 aliphatic carbocycles. The Labute approximate surface area is 262 Å². The van der Waals surface area contributed by atoms with Crippen molar-refractivity contribution in [2.24, 2.45) is 0 Å². The van der Waals surface area contributed by atoms with E-state index in [4.69, 9.17) is 4.74 Å². The summed E-state index contributed by atoms with van der Waals surface area (Å²) in [4.78, 5) is 25.6. The van der Waals surface area contributed by atoms with Crippen LogP contribution in [-0.2, 0) is 14.3 Å². The molecule has 1 aliphatic rings. The zero-order valence-corrected chi connectivity index (χ0v) is 26.8. The van der Waals surface area contributed by atoms with Crippen LogP contribution in [0.1, 0.15) is 116 Å². The number of anilines is 1. The number of aliphatic hydroxyl groups excluding tert-OH is 3. The van der Waals surface area contributed by atoms with Gasteiger partial charge < -0.3 is 30.7 Å². The Hall–Kier alpha value is -1.73. The van der Waals surface area contributed by atoms with E-state index in [1.807, 2.05) is 0 Å². The van der Waals surface area contributed by atoms with Gasteiger partial charge in [0.1, 0.15) is 24.4 Å². The number of ether oxygens (including phenoxy) is 1. The van der Waals surface area contributed by atoms with Gasteiger partial charge in [-0.05, 0) is 25.5 Å². The maximum absolute atomic E-state index is 13.0. The molecule has 2 radical (unpaired) electrons. The molecule has 12 heteroatoms. The number of amides is 2. The van der Waals surface area contributed by atoms with E-state index in [-0.39, 0.29) is 11.7 Å². The molecule has 2 amide bonds. The van der Waals surface area contributed by atoms with Crippen molar-refractivity contribution in [2.45, 2.75) is 140 Å². The van der Waals surface area contributed by atoms with E-state index in [0.29, 0.717) is 17.9 Å². The zero-order chi connectivity index (χ0) is 31.3. The van der Waals surface area contributed by atoms with Crippen LogP contribution in [0.2, 0.25) is 0 Å². The van der Waals surface area contributed by atoms with Crippen molar-refractivity contribution >= 4 is 29.4 Å². The standard InChI is InChI=1S/C31H55N5O6S/c1-3-5-6-7-8-9-10-11-12-13-14-15-16-17-18-19-27(38)32-24(23-43-20-4-2)30(41)33-26-21-36(35-34-26)31-29(40)28(39)25(22-37)42-31/h4,21,24-25,28-29,31,37,39-40H,2-3,5-20,22-23H2,1H3,(H,32,38)(H,33,41)/t24-,25?,28-,29+,31+/m1/s1. The molecule has 246 valence electrons. The average Bonchev–Trinajstić information content (AvgIpc) is 3.57. The molecule has 1 aromatic rings. The van der Waals surface area contributed by atoms with Gasteiger partial charge in [-0.1, -0.05) is 102 Å². The molecule has 5 atom stereocenters. The summed E-state index contributed by atoms with van der Waals surface area (Å²) >= 11 is 1.48. The monoisotopic (exact) mass is 625 g/mol. The van der Waals surface area contributed by atoms with Crippen LogP contribution in [0.3, 0.4) is 0 Å². The van der Waals surface area contributed by atoms with E-state index in [9.17, 15) is 24.9 Å². The lowest BCUT2D eigenvalue weighted by Gasteiger charge is -2.17. The minimum Gasteiger partial charge on any atom is -0.394 e. The van der Waals surface area contributed by atoms with Gasteiger partial charge in [0.25, 0.3) is 0 Å². The molecule has 1 aromatic heterocycles. The number of nitrogens with zero attached hydrogens (tertiary/aromatic N) is 3. The second-order valence-corrected chi connectivity index (χ2v) is 12.5. The van der Waals surface area contributed by atoms with Gasteiger partial charge in [0, 0.05) is 12.2 Å². The number of aromatic nitrogens is 3. The lowest BCUT2D eigenvalue weighted by molar-refractivity contribution is -0.126. The molecule has 1 aliphatic heterocycles. The predicted molar refractivity (Wildman–Crippen MR) is 170 cm³/mol. The molecule has 1 unspecified atom stereocenters. The summed E-state index contributed by atoms with van der Waals surface area (Å²) in [5.41, 5.74) is 0. The number of rotatable bonds is 25. The number of thioether (sulfide) groups is 1. The molecule has 1 fully saturated rings. The predicted octanol–water partition coefficient (Wildman–Crippen LogP) is 4.35. The number of hydrogen-bond donors (Lipinski definition) is 5. The van der Waals surface area contributed by atoms with Gasteiger partial charge in [0.2, 0.25) is 11.8 Å². The molecule has 5 N–H and O–H groups in total. The van der Waals surface area contributed by atoms with Crippen molar-refractivity contribution in [3.63, 3.8) is 0 Å². The van der Waals surface area contributed by atoms with Crippen LogP contribution in [-0.4, -0.2) is 84.6 Å². The third-order valence-corrected chi connectivity index (χ3v) is 8.76. The minimum absolute atomic E-state index is 0.109. The van der Waals surface area contributed by atoms with Gasteiger partial charge >= 0.3 is 0 Å². The van der Waals surface area contributed by atoms with E-state index in [1.165, 1.54) is 99.7 Å². The summed E-state index contributed by atoms with van der Waals surface area (Å²) < 4.78 is 6.61. The molecule has 0 spiro atoms. The van der Waals surface area contributed by atoms with E-state index in [2.05, 4.69) is 34.8 Å². The molecule has 2 heterocycles. The normalized spacial score (nSPS) is 20.8. The number of hydrogen-bond acceptors (Lipinski definition) is 9.